The van der Waals surface area contributed by atoms with E-state index in [4.69, 9.17) is 13.9 Å². The molecule has 5 heteroatoms. The highest BCUT2D eigenvalue weighted by Gasteiger charge is 2.13. The molecule has 1 N–H and O–H groups in total. The molecule has 1 heterocycles. The summed E-state index contributed by atoms with van der Waals surface area (Å²) in [7, 11) is 3.12. The molecule has 1 aromatic carbocycles. The van der Waals surface area contributed by atoms with Gasteiger partial charge >= 0.3 is 0 Å². The van der Waals surface area contributed by atoms with Gasteiger partial charge in [0.25, 0.3) is 5.91 Å². The summed E-state index contributed by atoms with van der Waals surface area (Å²) in [6.07, 6.45) is 3.25. The number of aryl methyl sites for hydroxylation is 1. The number of hydrogen-bond donors (Lipinski definition) is 1. The predicted molar refractivity (Wildman–Crippen MR) is 83.5 cm³/mol. The van der Waals surface area contributed by atoms with Crippen LogP contribution in [0.1, 0.15) is 29.5 Å². The van der Waals surface area contributed by atoms with Crippen LogP contribution in [-0.4, -0.2) is 26.2 Å². The third-order valence-corrected chi connectivity index (χ3v) is 3.39. The van der Waals surface area contributed by atoms with Crippen molar-refractivity contribution in [2.24, 2.45) is 0 Å². The number of carbonyl (C=O) groups is 1. The topological polar surface area (TPSA) is 60.7 Å². The molecule has 22 heavy (non-hydrogen) atoms. The lowest BCUT2D eigenvalue weighted by Crippen LogP contribution is -2.32. The molecule has 2 aromatic rings. The highest BCUT2D eigenvalue weighted by molar-refractivity contribution is 5.95. The molecule has 118 valence electrons. The Morgan fingerprint density at radius 3 is 2.45 bits per heavy atom. The average molecular weight is 303 g/mol. The van der Waals surface area contributed by atoms with Crippen LogP contribution < -0.4 is 14.8 Å². The van der Waals surface area contributed by atoms with Crippen molar-refractivity contribution in [1.29, 1.82) is 0 Å². The monoisotopic (exact) mass is 303 g/mol. The zero-order chi connectivity index (χ0) is 15.9. The standard InChI is InChI=1S/C17H21NO4/c1-12(6-7-14-5-4-8-22-14)18-17(19)13-9-15(20-2)11-16(10-13)21-3/h4-5,8-12H,6-7H2,1-3H3,(H,18,19)/t12-/m0/s1. The summed E-state index contributed by atoms with van der Waals surface area (Å²) < 4.78 is 15.6. The Hall–Kier alpha value is -2.43. The van der Waals surface area contributed by atoms with Crippen LogP contribution in [0.2, 0.25) is 0 Å². The Morgan fingerprint density at radius 2 is 1.91 bits per heavy atom. The Kier molecular flexibility index (Phi) is 5.47. The fourth-order valence-corrected chi connectivity index (χ4v) is 2.13. The van der Waals surface area contributed by atoms with Crippen LogP contribution in [0.25, 0.3) is 0 Å². The first kappa shape index (κ1) is 15.9. The summed E-state index contributed by atoms with van der Waals surface area (Å²) in [5.41, 5.74) is 0.515. The van der Waals surface area contributed by atoms with Crippen molar-refractivity contribution in [3.05, 3.63) is 47.9 Å². The van der Waals surface area contributed by atoms with Crippen molar-refractivity contribution in [2.45, 2.75) is 25.8 Å². The fraction of sp³-hybridized carbons (Fsp3) is 0.353. The number of ether oxygens (including phenoxy) is 2. The average Bonchev–Trinajstić information content (AvgIpc) is 3.05. The van der Waals surface area contributed by atoms with Gasteiger partial charge in [-0.15, -0.1) is 0 Å². The van der Waals surface area contributed by atoms with Crippen LogP contribution in [0.4, 0.5) is 0 Å². The lowest BCUT2D eigenvalue weighted by Gasteiger charge is -2.14. The summed E-state index contributed by atoms with van der Waals surface area (Å²) in [6, 6.07) is 8.95. The van der Waals surface area contributed by atoms with Crippen molar-refractivity contribution in [3.63, 3.8) is 0 Å². The van der Waals surface area contributed by atoms with Gasteiger partial charge in [0.15, 0.2) is 0 Å². The van der Waals surface area contributed by atoms with Crippen molar-refractivity contribution in [3.8, 4) is 11.5 Å². The Morgan fingerprint density at radius 1 is 1.23 bits per heavy atom. The number of benzene rings is 1. The Labute approximate surface area is 130 Å². The fourth-order valence-electron chi connectivity index (χ4n) is 2.13. The van der Waals surface area contributed by atoms with Crippen LogP contribution in [0, 0.1) is 0 Å². The van der Waals surface area contributed by atoms with E-state index in [0.29, 0.717) is 17.1 Å². The predicted octanol–water partition coefficient (Wildman–Crippen LogP) is 3.05. The molecule has 0 aliphatic carbocycles. The molecular formula is C17H21NO4. The summed E-state index contributed by atoms with van der Waals surface area (Å²) in [4.78, 5) is 12.3. The number of rotatable bonds is 7. The quantitative estimate of drug-likeness (QED) is 0.854. The van der Waals surface area contributed by atoms with E-state index in [1.54, 1.807) is 38.7 Å². The molecule has 0 radical (unpaired) electrons. The second-order valence-corrected chi connectivity index (χ2v) is 5.09. The first-order valence-electron chi connectivity index (χ1n) is 7.18. The van der Waals surface area contributed by atoms with E-state index in [-0.39, 0.29) is 11.9 Å². The molecule has 0 saturated heterocycles. The number of carbonyl (C=O) groups excluding carboxylic acids is 1. The van der Waals surface area contributed by atoms with Crippen LogP contribution in [0.5, 0.6) is 11.5 Å². The number of hydrogen-bond acceptors (Lipinski definition) is 4. The first-order valence-corrected chi connectivity index (χ1v) is 7.18. The van der Waals surface area contributed by atoms with Gasteiger partial charge in [-0.1, -0.05) is 0 Å². The maximum Gasteiger partial charge on any atom is 0.251 e. The second kappa shape index (κ2) is 7.54. The number of amides is 1. The highest BCUT2D eigenvalue weighted by atomic mass is 16.5. The minimum absolute atomic E-state index is 0.0368. The van der Waals surface area contributed by atoms with Crippen LogP contribution in [0.3, 0.4) is 0 Å². The molecule has 1 atom stereocenters. The molecule has 0 bridgehead atoms. The summed E-state index contributed by atoms with van der Waals surface area (Å²) in [6.45, 7) is 1.97. The lowest BCUT2D eigenvalue weighted by molar-refractivity contribution is 0.0937. The third kappa shape index (κ3) is 4.28. The van der Waals surface area contributed by atoms with Gasteiger partial charge < -0.3 is 19.2 Å². The summed E-state index contributed by atoms with van der Waals surface area (Å²) in [5, 5.41) is 2.97. The van der Waals surface area contributed by atoms with Gasteiger partial charge in [-0.25, -0.2) is 0 Å². The molecule has 0 aliphatic heterocycles. The Bertz CT molecular complexity index is 585. The first-order chi connectivity index (χ1) is 10.6. The zero-order valence-corrected chi connectivity index (χ0v) is 13.1. The lowest BCUT2D eigenvalue weighted by atomic mass is 10.1. The van der Waals surface area contributed by atoms with E-state index < -0.39 is 0 Å². The minimum atomic E-state index is -0.149. The Balaban J connectivity index is 1.96. The molecule has 0 fully saturated rings. The van der Waals surface area contributed by atoms with E-state index in [9.17, 15) is 4.79 Å². The SMILES string of the molecule is COc1cc(OC)cc(C(=O)N[C@@H](C)CCc2ccco2)c1. The van der Waals surface area contributed by atoms with Crippen molar-refractivity contribution in [1.82, 2.24) is 5.32 Å². The molecule has 5 nitrogen and oxygen atoms in total. The zero-order valence-electron chi connectivity index (χ0n) is 13.1. The van der Waals surface area contributed by atoms with Crippen molar-refractivity contribution < 1.29 is 18.7 Å². The highest BCUT2D eigenvalue weighted by Crippen LogP contribution is 2.22. The van der Waals surface area contributed by atoms with E-state index in [1.807, 2.05) is 19.1 Å². The number of nitrogens with one attached hydrogen (secondary N) is 1. The summed E-state index contributed by atoms with van der Waals surface area (Å²) >= 11 is 0. The van der Waals surface area contributed by atoms with Crippen molar-refractivity contribution >= 4 is 5.91 Å². The van der Waals surface area contributed by atoms with Gasteiger partial charge in [0.05, 0.1) is 20.5 Å². The molecular weight excluding hydrogens is 282 g/mol. The van der Waals surface area contributed by atoms with Gasteiger partial charge in [-0.2, -0.15) is 0 Å². The van der Waals surface area contributed by atoms with Crippen molar-refractivity contribution in [2.75, 3.05) is 14.2 Å². The second-order valence-electron chi connectivity index (χ2n) is 5.09. The molecule has 1 amide bonds. The largest absolute Gasteiger partial charge is 0.497 e. The van der Waals surface area contributed by atoms with E-state index in [0.717, 1.165) is 18.6 Å². The minimum Gasteiger partial charge on any atom is -0.497 e. The van der Waals surface area contributed by atoms with E-state index >= 15 is 0 Å². The summed E-state index contributed by atoms with van der Waals surface area (Å²) in [5.74, 6) is 1.95. The maximum atomic E-state index is 12.3. The van der Waals surface area contributed by atoms with Gasteiger partial charge in [0.1, 0.15) is 17.3 Å². The molecule has 0 aliphatic rings. The normalized spacial score (nSPS) is 11.8. The third-order valence-electron chi connectivity index (χ3n) is 3.39. The van der Waals surface area contributed by atoms with Gasteiger partial charge in [0, 0.05) is 24.1 Å². The van der Waals surface area contributed by atoms with E-state index in [2.05, 4.69) is 5.32 Å². The van der Waals surface area contributed by atoms with E-state index in [1.165, 1.54) is 0 Å². The maximum absolute atomic E-state index is 12.3. The van der Waals surface area contributed by atoms with Gasteiger partial charge in [0.2, 0.25) is 0 Å². The number of methoxy groups -OCH3 is 2. The van der Waals surface area contributed by atoms with Crippen LogP contribution in [0.15, 0.2) is 41.0 Å². The molecule has 1 aromatic heterocycles. The number of furan rings is 1. The molecule has 0 saturated carbocycles. The molecule has 2 rings (SSSR count). The van der Waals surface area contributed by atoms with Gasteiger partial charge in [-0.05, 0) is 37.6 Å². The van der Waals surface area contributed by atoms with Gasteiger partial charge in [-0.3, -0.25) is 4.79 Å². The smallest absolute Gasteiger partial charge is 0.251 e. The van der Waals surface area contributed by atoms with Crippen LogP contribution >= 0.6 is 0 Å². The molecule has 0 unspecified atom stereocenters. The van der Waals surface area contributed by atoms with Crippen LogP contribution in [-0.2, 0) is 6.42 Å². The molecule has 0 spiro atoms.